The van der Waals surface area contributed by atoms with Crippen molar-refractivity contribution in [2.45, 2.75) is 44.3 Å². The van der Waals surface area contributed by atoms with Crippen LogP contribution < -0.4 is 3.82 Å². The summed E-state index contributed by atoms with van der Waals surface area (Å²) in [5, 5.41) is 3.73. The second kappa shape index (κ2) is 6.14. The SMILES string of the molecule is CC(C)(C)S(=O)(=O)N(Cl)c1ccc(C(=O)c2cnoc2C2CC2)cc1. The number of sulfonamides is 1. The van der Waals surface area contributed by atoms with Crippen LogP contribution in [0.5, 0.6) is 0 Å². The summed E-state index contributed by atoms with van der Waals surface area (Å²) in [6, 6.07) is 6.12. The summed E-state index contributed by atoms with van der Waals surface area (Å²) < 4.78 is 29.7. The Morgan fingerprint density at radius 2 is 1.84 bits per heavy atom. The number of halogens is 1. The minimum Gasteiger partial charge on any atom is -0.360 e. The van der Waals surface area contributed by atoms with Crippen molar-refractivity contribution < 1.29 is 17.7 Å². The molecule has 1 fully saturated rings. The van der Waals surface area contributed by atoms with E-state index in [2.05, 4.69) is 5.16 Å². The quantitative estimate of drug-likeness (QED) is 0.579. The first-order valence-corrected chi connectivity index (χ1v) is 9.71. The third-order valence-electron chi connectivity index (χ3n) is 4.11. The number of nitrogens with zero attached hydrogens (tertiary/aromatic N) is 2. The molecule has 3 rings (SSSR count). The number of hydrogen-bond donors (Lipinski definition) is 0. The highest BCUT2D eigenvalue weighted by Gasteiger charge is 2.35. The Morgan fingerprint density at radius 3 is 2.36 bits per heavy atom. The molecule has 1 aromatic heterocycles. The second-order valence-electron chi connectivity index (χ2n) is 7.09. The Hall–Kier alpha value is -1.86. The average molecular weight is 383 g/mol. The number of benzene rings is 1. The zero-order chi connectivity index (χ0) is 18.4. The van der Waals surface area contributed by atoms with Gasteiger partial charge in [-0.25, -0.2) is 8.42 Å². The Kier molecular flexibility index (Phi) is 4.41. The summed E-state index contributed by atoms with van der Waals surface area (Å²) in [7, 11) is -3.73. The van der Waals surface area contributed by atoms with Gasteiger partial charge in [-0.15, -0.1) is 0 Å². The molecule has 0 N–H and O–H groups in total. The lowest BCUT2D eigenvalue weighted by Gasteiger charge is -2.25. The maximum absolute atomic E-state index is 12.6. The van der Waals surface area contributed by atoms with Crippen LogP contribution in [0.3, 0.4) is 0 Å². The number of anilines is 1. The van der Waals surface area contributed by atoms with Gasteiger partial charge in [-0.2, -0.15) is 3.82 Å². The lowest BCUT2D eigenvalue weighted by Crippen LogP contribution is -2.38. The van der Waals surface area contributed by atoms with Crippen molar-refractivity contribution in [2.24, 2.45) is 0 Å². The van der Waals surface area contributed by atoms with Gasteiger partial charge in [0, 0.05) is 23.3 Å². The molecule has 0 bridgehead atoms. The molecule has 0 radical (unpaired) electrons. The van der Waals surface area contributed by atoms with E-state index in [9.17, 15) is 13.2 Å². The number of carbonyl (C=O) groups excluding carboxylic acids is 1. The number of aromatic nitrogens is 1. The van der Waals surface area contributed by atoms with Crippen molar-refractivity contribution in [2.75, 3.05) is 3.82 Å². The summed E-state index contributed by atoms with van der Waals surface area (Å²) in [5.41, 5.74) is 1.16. The summed E-state index contributed by atoms with van der Waals surface area (Å²) in [6.45, 7) is 4.71. The van der Waals surface area contributed by atoms with Gasteiger partial charge in [0.1, 0.15) is 0 Å². The van der Waals surface area contributed by atoms with Gasteiger partial charge in [0.15, 0.2) is 11.5 Å². The number of carbonyl (C=O) groups is 1. The van der Waals surface area contributed by atoms with Gasteiger partial charge in [0.25, 0.3) is 10.0 Å². The number of hydrogen-bond acceptors (Lipinski definition) is 5. The third-order valence-corrected chi connectivity index (χ3v) is 7.03. The van der Waals surface area contributed by atoms with Crippen molar-refractivity contribution >= 4 is 33.3 Å². The first kappa shape index (κ1) is 17.9. The van der Waals surface area contributed by atoms with E-state index in [1.807, 2.05) is 0 Å². The molecule has 1 saturated carbocycles. The van der Waals surface area contributed by atoms with Crippen LogP contribution in [0, 0.1) is 0 Å². The molecule has 0 atom stereocenters. The lowest BCUT2D eigenvalue weighted by atomic mass is 10.0. The van der Waals surface area contributed by atoms with E-state index >= 15 is 0 Å². The molecule has 0 spiro atoms. The number of rotatable bonds is 5. The molecular weight excluding hydrogens is 364 g/mol. The smallest absolute Gasteiger partial charge is 0.253 e. The zero-order valence-electron chi connectivity index (χ0n) is 14.2. The van der Waals surface area contributed by atoms with Crippen LogP contribution in [0.2, 0.25) is 0 Å². The molecule has 134 valence electrons. The van der Waals surface area contributed by atoms with Crippen LogP contribution in [-0.4, -0.2) is 24.1 Å². The predicted molar refractivity (Wildman–Crippen MR) is 95.4 cm³/mol. The van der Waals surface area contributed by atoms with Gasteiger partial charge in [0.2, 0.25) is 0 Å². The molecular formula is C17H19ClN2O4S. The van der Waals surface area contributed by atoms with Crippen molar-refractivity contribution in [1.29, 1.82) is 0 Å². The highest BCUT2D eigenvalue weighted by Crippen LogP contribution is 2.42. The fraction of sp³-hybridized carbons (Fsp3) is 0.412. The summed E-state index contributed by atoms with van der Waals surface area (Å²) in [6.07, 6.45) is 3.43. The minimum atomic E-state index is -3.73. The molecule has 0 unspecified atom stereocenters. The van der Waals surface area contributed by atoms with Crippen molar-refractivity contribution in [3.63, 3.8) is 0 Å². The zero-order valence-corrected chi connectivity index (χ0v) is 15.8. The van der Waals surface area contributed by atoms with Crippen LogP contribution in [0.4, 0.5) is 5.69 Å². The van der Waals surface area contributed by atoms with Crippen molar-refractivity contribution in [3.05, 3.63) is 47.3 Å². The standard InChI is InChI=1S/C17H19ClN2O4S/c1-17(2,3)25(22,23)20(18)13-8-6-11(7-9-13)15(21)14-10-19-24-16(14)12-4-5-12/h6-10,12H,4-5H2,1-3H3. The molecule has 2 aromatic rings. The first-order valence-electron chi connectivity index (χ1n) is 7.93. The van der Waals surface area contributed by atoms with Crippen LogP contribution in [0.1, 0.15) is 61.2 Å². The Labute approximate surface area is 151 Å². The van der Waals surface area contributed by atoms with Gasteiger partial charge in [-0.1, -0.05) is 5.16 Å². The van der Waals surface area contributed by atoms with Gasteiger partial charge in [0.05, 0.1) is 22.2 Å². The molecule has 8 heteroatoms. The molecule has 25 heavy (non-hydrogen) atoms. The van der Waals surface area contributed by atoms with Crippen LogP contribution in [0.15, 0.2) is 35.0 Å². The lowest BCUT2D eigenvalue weighted by molar-refractivity contribution is 0.103. The minimum absolute atomic E-state index is 0.200. The maximum Gasteiger partial charge on any atom is 0.253 e. The van der Waals surface area contributed by atoms with Gasteiger partial charge >= 0.3 is 0 Å². The highest BCUT2D eigenvalue weighted by atomic mass is 35.5. The van der Waals surface area contributed by atoms with Gasteiger partial charge < -0.3 is 4.52 Å². The van der Waals surface area contributed by atoms with E-state index in [0.29, 0.717) is 16.9 Å². The van der Waals surface area contributed by atoms with Gasteiger partial charge in [-0.05, 0) is 57.9 Å². The van der Waals surface area contributed by atoms with Crippen LogP contribution in [-0.2, 0) is 10.0 Å². The first-order chi connectivity index (χ1) is 11.6. The maximum atomic E-state index is 12.6. The van der Waals surface area contributed by atoms with Gasteiger partial charge in [-0.3, -0.25) is 4.79 Å². The number of ketones is 1. The molecule has 1 heterocycles. The fourth-order valence-electron chi connectivity index (χ4n) is 2.32. The largest absolute Gasteiger partial charge is 0.360 e. The molecule has 6 nitrogen and oxygen atoms in total. The summed E-state index contributed by atoms with van der Waals surface area (Å²) in [4.78, 5) is 12.6. The van der Waals surface area contributed by atoms with E-state index in [4.69, 9.17) is 16.3 Å². The summed E-state index contributed by atoms with van der Waals surface area (Å²) >= 11 is 6.02. The predicted octanol–water partition coefficient (Wildman–Crippen LogP) is 3.87. The molecule has 0 amide bonds. The Bertz CT molecular complexity index is 893. The van der Waals surface area contributed by atoms with Crippen LogP contribution >= 0.6 is 11.8 Å². The molecule has 1 aromatic carbocycles. The van der Waals surface area contributed by atoms with Crippen molar-refractivity contribution in [1.82, 2.24) is 5.16 Å². The van der Waals surface area contributed by atoms with E-state index in [1.165, 1.54) is 18.3 Å². The second-order valence-corrected chi connectivity index (χ2v) is 10.2. The average Bonchev–Trinajstić information content (AvgIpc) is 3.29. The third kappa shape index (κ3) is 3.30. The van der Waals surface area contributed by atoms with E-state index < -0.39 is 14.8 Å². The summed E-state index contributed by atoms with van der Waals surface area (Å²) in [5.74, 6) is 0.703. The highest BCUT2D eigenvalue weighted by molar-refractivity contribution is 7.95. The van der Waals surface area contributed by atoms with E-state index in [0.717, 1.165) is 16.7 Å². The Morgan fingerprint density at radius 1 is 1.24 bits per heavy atom. The fourth-order valence-corrected chi connectivity index (χ4v) is 3.94. The molecule has 1 aliphatic carbocycles. The molecule has 0 saturated heterocycles. The van der Waals surface area contributed by atoms with E-state index in [-0.39, 0.29) is 17.4 Å². The normalized spacial score (nSPS) is 15.2. The van der Waals surface area contributed by atoms with Crippen molar-refractivity contribution in [3.8, 4) is 0 Å². The topological polar surface area (TPSA) is 80.5 Å². The van der Waals surface area contributed by atoms with Crippen LogP contribution in [0.25, 0.3) is 0 Å². The molecule has 1 aliphatic rings. The molecule has 0 aliphatic heterocycles. The Balaban J connectivity index is 1.85. The van der Waals surface area contributed by atoms with E-state index in [1.54, 1.807) is 32.9 Å². The monoisotopic (exact) mass is 382 g/mol.